The van der Waals surface area contributed by atoms with Crippen molar-refractivity contribution >= 4 is 17.7 Å². The topological polar surface area (TPSA) is 93.2 Å². The summed E-state index contributed by atoms with van der Waals surface area (Å²) in [6.45, 7) is 7.10. The van der Waals surface area contributed by atoms with Crippen molar-refractivity contribution in [3.8, 4) is 11.3 Å². The molecule has 0 aliphatic carbocycles. The van der Waals surface area contributed by atoms with Crippen molar-refractivity contribution in [3.63, 3.8) is 0 Å². The maximum atomic E-state index is 14.0. The molecular weight excluding hydrogens is 387 g/mol. The highest BCUT2D eigenvalue weighted by molar-refractivity contribution is 5.97. The number of alkyl carbamates (subject to hydrolysis) is 1. The van der Waals surface area contributed by atoms with E-state index in [-0.39, 0.29) is 5.91 Å². The summed E-state index contributed by atoms with van der Waals surface area (Å²) in [6, 6.07) is 5.25. The fourth-order valence-corrected chi connectivity index (χ4v) is 3.00. The fourth-order valence-electron chi connectivity index (χ4n) is 3.00. The van der Waals surface area contributed by atoms with Crippen LogP contribution in [0.4, 0.5) is 14.9 Å². The second-order valence-corrected chi connectivity index (χ2v) is 8.16. The van der Waals surface area contributed by atoms with Gasteiger partial charge in [0.25, 0.3) is 0 Å². The SMILES string of the molecule is C[C@@H]1/C=C\CC(NC(=O)OC(C)(C)C)c2cc(ncn2)-c2cc(F)ccc2NC1=O. The van der Waals surface area contributed by atoms with Gasteiger partial charge in [-0.1, -0.05) is 19.1 Å². The second-order valence-electron chi connectivity index (χ2n) is 8.16. The van der Waals surface area contributed by atoms with E-state index in [1.807, 2.05) is 6.08 Å². The highest BCUT2D eigenvalue weighted by Crippen LogP contribution is 2.30. The Balaban J connectivity index is 2.04. The Morgan fingerprint density at radius 2 is 2.03 bits per heavy atom. The van der Waals surface area contributed by atoms with E-state index in [0.717, 1.165) is 0 Å². The van der Waals surface area contributed by atoms with Crippen molar-refractivity contribution in [1.82, 2.24) is 15.3 Å². The first-order valence-electron chi connectivity index (χ1n) is 9.71. The van der Waals surface area contributed by atoms with Crippen LogP contribution in [-0.4, -0.2) is 27.6 Å². The Labute approximate surface area is 174 Å². The number of fused-ring (bicyclic) bond motifs is 4. The Morgan fingerprint density at radius 3 is 2.77 bits per heavy atom. The number of nitrogens with one attached hydrogen (secondary N) is 2. The minimum Gasteiger partial charge on any atom is -0.444 e. The van der Waals surface area contributed by atoms with Gasteiger partial charge in [-0.3, -0.25) is 4.79 Å². The van der Waals surface area contributed by atoms with Gasteiger partial charge in [-0.2, -0.15) is 0 Å². The molecule has 2 heterocycles. The molecule has 1 aliphatic heterocycles. The lowest BCUT2D eigenvalue weighted by Crippen LogP contribution is -2.35. The minimum absolute atomic E-state index is 0.231. The van der Waals surface area contributed by atoms with E-state index < -0.39 is 29.5 Å². The van der Waals surface area contributed by atoms with Gasteiger partial charge >= 0.3 is 6.09 Å². The van der Waals surface area contributed by atoms with Gasteiger partial charge in [0.1, 0.15) is 17.7 Å². The number of anilines is 1. The Kier molecular flexibility index (Phi) is 6.14. The summed E-state index contributed by atoms with van der Waals surface area (Å²) in [7, 11) is 0. The van der Waals surface area contributed by atoms with E-state index >= 15 is 0 Å². The lowest BCUT2D eigenvalue weighted by Gasteiger charge is -2.23. The van der Waals surface area contributed by atoms with Crippen molar-refractivity contribution in [1.29, 1.82) is 0 Å². The van der Waals surface area contributed by atoms with Crippen molar-refractivity contribution in [3.05, 3.63) is 54.3 Å². The van der Waals surface area contributed by atoms with Crippen LogP contribution in [0, 0.1) is 11.7 Å². The zero-order chi connectivity index (χ0) is 21.9. The van der Waals surface area contributed by atoms with Crippen LogP contribution in [0.25, 0.3) is 11.3 Å². The quantitative estimate of drug-likeness (QED) is 0.678. The number of ether oxygens (including phenoxy) is 1. The molecule has 1 unspecified atom stereocenters. The third kappa shape index (κ3) is 5.40. The molecule has 2 aromatic rings. The molecule has 0 spiro atoms. The predicted molar refractivity (Wildman–Crippen MR) is 111 cm³/mol. The molecule has 0 saturated carbocycles. The monoisotopic (exact) mass is 412 g/mol. The maximum absolute atomic E-state index is 14.0. The molecule has 2 atom stereocenters. The van der Waals surface area contributed by atoms with Crippen molar-refractivity contribution in [2.24, 2.45) is 5.92 Å². The molecule has 1 aromatic carbocycles. The summed E-state index contributed by atoms with van der Waals surface area (Å²) in [5.41, 5.74) is 1.21. The molecule has 30 heavy (non-hydrogen) atoms. The van der Waals surface area contributed by atoms with Crippen LogP contribution in [-0.2, 0) is 9.53 Å². The molecule has 8 heteroatoms. The van der Waals surface area contributed by atoms with E-state index in [4.69, 9.17) is 4.74 Å². The Bertz CT molecular complexity index is 985. The summed E-state index contributed by atoms with van der Waals surface area (Å²) < 4.78 is 19.3. The summed E-state index contributed by atoms with van der Waals surface area (Å²) in [5, 5.41) is 5.65. The highest BCUT2D eigenvalue weighted by atomic mass is 19.1. The van der Waals surface area contributed by atoms with E-state index in [0.29, 0.717) is 29.1 Å². The smallest absolute Gasteiger partial charge is 0.408 e. The van der Waals surface area contributed by atoms with E-state index in [9.17, 15) is 14.0 Å². The zero-order valence-electron chi connectivity index (χ0n) is 17.4. The van der Waals surface area contributed by atoms with Crippen molar-refractivity contribution in [2.45, 2.75) is 45.8 Å². The van der Waals surface area contributed by atoms with Crippen molar-refractivity contribution < 1.29 is 18.7 Å². The van der Waals surface area contributed by atoms with Gasteiger partial charge in [-0.05, 0) is 51.5 Å². The summed E-state index contributed by atoms with van der Waals surface area (Å²) in [5.74, 6) is -1.11. The number of halogens is 1. The first-order chi connectivity index (χ1) is 14.1. The number of aromatic nitrogens is 2. The minimum atomic E-state index is -0.648. The molecule has 0 radical (unpaired) electrons. The molecule has 7 nitrogen and oxygen atoms in total. The first kappa shape index (κ1) is 21.4. The van der Waals surface area contributed by atoms with Gasteiger partial charge in [0, 0.05) is 5.56 Å². The molecule has 3 rings (SSSR count). The molecule has 2 N–H and O–H groups in total. The van der Waals surface area contributed by atoms with Crippen LogP contribution < -0.4 is 10.6 Å². The highest BCUT2D eigenvalue weighted by Gasteiger charge is 2.23. The van der Waals surface area contributed by atoms with Crippen LogP contribution in [0.1, 0.15) is 45.9 Å². The molecular formula is C22H25FN4O3. The van der Waals surface area contributed by atoms with Crippen LogP contribution >= 0.6 is 0 Å². The average Bonchev–Trinajstić information content (AvgIpc) is 2.66. The van der Waals surface area contributed by atoms with E-state index in [1.165, 1.54) is 24.5 Å². The summed E-state index contributed by atoms with van der Waals surface area (Å²) in [6.07, 6.45) is 4.74. The standard InChI is InChI=1S/C22H25FN4O3/c1-13-6-5-7-17(27-21(29)30-22(2,3)4)19-11-18(24-12-25-19)15-10-14(23)8-9-16(15)26-20(13)28/h5-6,8-13,17H,7H2,1-4H3,(H,26,28)(H,27,29)/b6-5-/t13-,17?/m1/s1. The number of carbonyl (C=O) groups excluding carboxylic acids is 2. The van der Waals surface area contributed by atoms with Crippen LogP contribution in [0.15, 0.2) is 42.7 Å². The normalized spacial score (nSPS) is 20.1. The average molecular weight is 412 g/mol. The maximum Gasteiger partial charge on any atom is 0.408 e. The van der Waals surface area contributed by atoms with Crippen LogP contribution in [0.3, 0.4) is 0 Å². The van der Waals surface area contributed by atoms with Gasteiger partial charge in [-0.25, -0.2) is 19.2 Å². The third-order valence-electron chi connectivity index (χ3n) is 4.46. The lowest BCUT2D eigenvalue weighted by molar-refractivity contribution is -0.118. The van der Waals surface area contributed by atoms with E-state index in [2.05, 4.69) is 20.6 Å². The molecule has 158 valence electrons. The van der Waals surface area contributed by atoms with Crippen molar-refractivity contribution in [2.75, 3.05) is 5.32 Å². The van der Waals surface area contributed by atoms with Gasteiger partial charge < -0.3 is 15.4 Å². The predicted octanol–water partition coefficient (Wildman–Crippen LogP) is 4.38. The number of rotatable bonds is 1. The Hall–Kier alpha value is -3.29. The van der Waals surface area contributed by atoms with Gasteiger partial charge in [0.15, 0.2) is 0 Å². The molecule has 1 aliphatic rings. The molecule has 0 saturated heterocycles. The molecule has 2 amide bonds. The zero-order valence-corrected chi connectivity index (χ0v) is 17.4. The van der Waals surface area contributed by atoms with Crippen LogP contribution in [0.2, 0.25) is 0 Å². The van der Waals surface area contributed by atoms with Gasteiger partial charge in [-0.15, -0.1) is 0 Å². The first-order valence-corrected chi connectivity index (χ1v) is 9.71. The van der Waals surface area contributed by atoms with Gasteiger partial charge in [0.05, 0.1) is 29.0 Å². The number of hydrogen-bond acceptors (Lipinski definition) is 5. The molecule has 2 bridgehead atoms. The number of amides is 2. The summed E-state index contributed by atoms with van der Waals surface area (Å²) >= 11 is 0. The summed E-state index contributed by atoms with van der Waals surface area (Å²) in [4.78, 5) is 33.4. The number of benzene rings is 1. The Morgan fingerprint density at radius 1 is 1.27 bits per heavy atom. The fraction of sp³-hybridized carbons (Fsp3) is 0.364. The molecule has 1 aromatic heterocycles. The van der Waals surface area contributed by atoms with E-state index in [1.54, 1.807) is 39.8 Å². The molecule has 0 fully saturated rings. The van der Waals surface area contributed by atoms with Crippen LogP contribution in [0.5, 0.6) is 0 Å². The third-order valence-corrected chi connectivity index (χ3v) is 4.46. The number of carbonyl (C=O) groups is 2. The number of nitrogens with zero attached hydrogens (tertiary/aromatic N) is 2. The second kappa shape index (κ2) is 8.61. The largest absolute Gasteiger partial charge is 0.444 e. The van der Waals surface area contributed by atoms with Gasteiger partial charge in [0.2, 0.25) is 5.91 Å². The lowest BCUT2D eigenvalue weighted by atomic mass is 10.0. The number of hydrogen-bond donors (Lipinski definition) is 2.